The number of rotatable bonds is 4. The summed E-state index contributed by atoms with van der Waals surface area (Å²) in [5.74, 6) is -0.383. The van der Waals surface area contributed by atoms with E-state index >= 15 is 0 Å². The van der Waals surface area contributed by atoms with E-state index in [9.17, 15) is 9.59 Å². The zero-order valence-electron chi connectivity index (χ0n) is 14.0. The van der Waals surface area contributed by atoms with E-state index in [1.54, 1.807) is 0 Å². The first kappa shape index (κ1) is 20.9. The second-order valence-corrected chi connectivity index (χ2v) is 9.14. The molecule has 4 nitrogen and oxygen atoms in total. The number of hydrogen-bond acceptors (Lipinski definition) is 4. The van der Waals surface area contributed by atoms with E-state index in [0.717, 1.165) is 7.14 Å². The zero-order chi connectivity index (χ0) is 17.9. The third kappa shape index (κ3) is 9.86. The third-order valence-electron chi connectivity index (χ3n) is 2.49. The Labute approximate surface area is 164 Å². The topological polar surface area (TPSA) is 52.6 Å². The molecule has 0 amide bonds. The van der Waals surface area contributed by atoms with E-state index in [1.165, 1.54) is 25.0 Å². The van der Waals surface area contributed by atoms with Gasteiger partial charge in [-0.15, -0.1) is 0 Å². The van der Waals surface area contributed by atoms with Crippen LogP contribution in [0.25, 0.3) is 0 Å². The molecule has 0 radical (unpaired) electrons. The summed E-state index contributed by atoms with van der Waals surface area (Å²) in [5, 5.41) is 0. The molecule has 0 aliphatic carbocycles. The molecule has 24 heavy (non-hydrogen) atoms. The van der Waals surface area contributed by atoms with Gasteiger partial charge in [-0.2, -0.15) is 0 Å². The number of benzene rings is 2. The van der Waals surface area contributed by atoms with Crippen LogP contribution in [0.2, 0.25) is 0 Å². The number of halogens is 2. The molecule has 0 aliphatic rings. The van der Waals surface area contributed by atoms with Gasteiger partial charge in [0, 0.05) is 0 Å². The molecule has 0 saturated carbocycles. The van der Waals surface area contributed by atoms with Crippen LogP contribution in [-0.4, -0.2) is 11.9 Å². The molecule has 0 bridgehead atoms. The molecule has 0 unspecified atom stereocenters. The van der Waals surface area contributed by atoms with E-state index in [-0.39, 0.29) is 11.9 Å². The van der Waals surface area contributed by atoms with Crippen molar-refractivity contribution in [1.82, 2.24) is 0 Å². The number of carbonyl (C=O) groups excluding carboxylic acids is 2. The first-order chi connectivity index (χ1) is 11.4. The second-order valence-electron chi connectivity index (χ2n) is 4.88. The SMILES string of the molecule is CC(=O)O[I-]c1ccc(C)cc1.CC(=O)O[I-]c1ccc(C)cc1. The molecule has 0 atom stereocenters. The number of hydrogen-bond donors (Lipinski definition) is 0. The van der Waals surface area contributed by atoms with Crippen LogP contribution >= 0.6 is 0 Å². The van der Waals surface area contributed by atoms with Crippen molar-refractivity contribution in [3.05, 3.63) is 66.8 Å². The molecule has 0 spiro atoms. The molecule has 2 aromatic carbocycles. The Morgan fingerprint density at radius 2 is 0.958 bits per heavy atom. The Hall–Kier alpha value is -1.16. The van der Waals surface area contributed by atoms with Crippen molar-refractivity contribution in [3.8, 4) is 0 Å². The van der Waals surface area contributed by atoms with Crippen molar-refractivity contribution in [1.29, 1.82) is 0 Å². The van der Waals surface area contributed by atoms with Gasteiger partial charge in [0.05, 0.1) is 0 Å². The van der Waals surface area contributed by atoms with Crippen LogP contribution in [0.1, 0.15) is 25.0 Å². The summed E-state index contributed by atoms with van der Waals surface area (Å²) >= 11 is -1.15. The quantitative estimate of drug-likeness (QED) is 0.392. The Morgan fingerprint density at radius 1 is 0.667 bits per heavy atom. The first-order valence-corrected chi connectivity index (χ1v) is 11.1. The normalized spacial score (nSPS) is 9.83. The second kappa shape index (κ2) is 11.4. The molecule has 0 saturated heterocycles. The van der Waals surface area contributed by atoms with Gasteiger partial charge in [-0.25, -0.2) is 0 Å². The summed E-state index contributed by atoms with van der Waals surface area (Å²) in [5.41, 5.74) is 2.45. The summed E-state index contributed by atoms with van der Waals surface area (Å²) in [6.45, 7) is 6.95. The predicted octanol–water partition coefficient (Wildman–Crippen LogP) is -2.54. The fraction of sp³-hybridized carbons (Fsp3) is 0.222. The molecule has 0 aromatic heterocycles. The van der Waals surface area contributed by atoms with Crippen LogP contribution in [0.15, 0.2) is 48.5 Å². The van der Waals surface area contributed by atoms with Gasteiger partial charge in [0.15, 0.2) is 0 Å². The van der Waals surface area contributed by atoms with Crippen LogP contribution in [0.5, 0.6) is 0 Å². The fourth-order valence-corrected chi connectivity index (χ4v) is 3.80. The summed E-state index contributed by atoms with van der Waals surface area (Å²) in [4.78, 5) is 21.0. The Balaban J connectivity index is 0.000000240. The van der Waals surface area contributed by atoms with Crippen LogP contribution in [0, 0.1) is 21.0 Å². The van der Waals surface area contributed by atoms with E-state index in [2.05, 4.69) is 0 Å². The van der Waals surface area contributed by atoms with Crippen molar-refractivity contribution in [3.63, 3.8) is 0 Å². The Morgan fingerprint density at radius 3 is 1.21 bits per heavy atom. The Kier molecular flexibility index (Phi) is 9.92. The van der Waals surface area contributed by atoms with Gasteiger partial charge in [0.1, 0.15) is 0 Å². The number of carbonyl (C=O) groups is 2. The van der Waals surface area contributed by atoms with Gasteiger partial charge < -0.3 is 0 Å². The molecule has 0 N–H and O–H groups in total. The average molecular weight is 554 g/mol. The standard InChI is InChI=1S/2C9H10IO2/c2*1-7-3-5-9(6-4-7)10-12-8(2)11/h2*3-6H,1-2H3/q2*-1. The van der Waals surface area contributed by atoms with E-state index in [1.807, 2.05) is 62.4 Å². The molecule has 2 aromatic rings. The van der Waals surface area contributed by atoms with Gasteiger partial charge in [0.25, 0.3) is 0 Å². The van der Waals surface area contributed by atoms with E-state index in [4.69, 9.17) is 6.13 Å². The van der Waals surface area contributed by atoms with Crippen molar-refractivity contribution >= 4 is 11.9 Å². The van der Waals surface area contributed by atoms with Gasteiger partial charge >= 0.3 is 165 Å². The number of aryl methyl sites for hydroxylation is 2. The van der Waals surface area contributed by atoms with Gasteiger partial charge in [-0.1, -0.05) is 0 Å². The molecule has 2 rings (SSSR count). The van der Waals surface area contributed by atoms with Crippen LogP contribution in [0.3, 0.4) is 0 Å². The predicted molar refractivity (Wildman–Crippen MR) is 83.3 cm³/mol. The maximum absolute atomic E-state index is 10.5. The zero-order valence-corrected chi connectivity index (χ0v) is 18.3. The monoisotopic (exact) mass is 554 g/mol. The molecular weight excluding hydrogens is 534 g/mol. The summed E-state index contributed by atoms with van der Waals surface area (Å²) in [7, 11) is 0. The Bertz CT molecular complexity index is 592. The van der Waals surface area contributed by atoms with E-state index < -0.39 is 43.2 Å². The van der Waals surface area contributed by atoms with Crippen LogP contribution < -0.4 is 43.2 Å². The molecule has 0 aliphatic heterocycles. The van der Waals surface area contributed by atoms with Gasteiger partial charge in [0.2, 0.25) is 0 Å². The molecular formula is C18H20I2O4-2. The van der Waals surface area contributed by atoms with Crippen LogP contribution in [0.4, 0.5) is 0 Å². The summed E-state index contributed by atoms with van der Waals surface area (Å²) in [6.07, 6.45) is 0. The third-order valence-corrected chi connectivity index (χ3v) is 6.63. The minimum absolute atomic E-state index is 0.191. The summed E-state index contributed by atoms with van der Waals surface area (Å²) < 4.78 is 12.1. The minimum atomic E-state index is -0.576. The molecule has 0 heterocycles. The maximum atomic E-state index is 10.5. The van der Waals surface area contributed by atoms with Crippen LogP contribution in [-0.2, 0) is 15.7 Å². The van der Waals surface area contributed by atoms with Gasteiger partial charge in [-0.3, -0.25) is 0 Å². The van der Waals surface area contributed by atoms with Crippen molar-refractivity contribution < 1.29 is 59.0 Å². The molecule has 132 valence electrons. The first-order valence-electron chi connectivity index (χ1n) is 7.15. The molecule has 0 fully saturated rings. The average Bonchev–Trinajstić information content (AvgIpc) is 2.54. The fourth-order valence-electron chi connectivity index (χ4n) is 1.37. The van der Waals surface area contributed by atoms with E-state index in [0.29, 0.717) is 0 Å². The van der Waals surface area contributed by atoms with Crippen molar-refractivity contribution in [2.24, 2.45) is 0 Å². The molecule has 6 heteroatoms. The van der Waals surface area contributed by atoms with Crippen molar-refractivity contribution in [2.75, 3.05) is 0 Å². The summed E-state index contributed by atoms with van der Waals surface area (Å²) in [6, 6.07) is 16.1. The van der Waals surface area contributed by atoms with Gasteiger partial charge in [-0.05, 0) is 0 Å². The van der Waals surface area contributed by atoms with Crippen molar-refractivity contribution in [2.45, 2.75) is 27.7 Å².